The largest absolute Gasteiger partial charge is 0.457 e. The van der Waals surface area contributed by atoms with Gasteiger partial charge in [-0.25, -0.2) is 4.79 Å². The van der Waals surface area contributed by atoms with E-state index in [0.29, 0.717) is 30.5 Å². The molecule has 4 heteroatoms. The number of hydrogen-bond acceptors (Lipinski definition) is 3. The van der Waals surface area contributed by atoms with Crippen molar-refractivity contribution in [3.05, 3.63) is 90.5 Å². The van der Waals surface area contributed by atoms with Crippen LogP contribution in [0.4, 0.5) is 4.79 Å². The van der Waals surface area contributed by atoms with Crippen LogP contribution in [0.5, 0.6) is 17.2 Å². The molecule has 0 atom stereocenters. The molecule has 0 N–H and O–H groups in total. The quantitative estimate of drug-likeness (QED) is 0.575. The number of carbonyl (C=O) groups is 1. The Morgan fingerprint density at radius 1 is 0.714 bits per heavy atom. The topological polar surface area (TPSA) is 38.8 Å². The number of para-hydroxylation sites is 1. The van der Waals surface area contributed by atoms with Crippen LogP contribution in [0, 0.1) is 0 Å². The average molecular weight is 373 g/mol. The lowest BCUT2D eigenvalue weighted by molar-refractivity contribution is 0.138. The number of benzene rings is 3. The molecule has 0 radical (unpaired) electrons. The molecule has 142 valence electrons. The highest BCUT2D eigenvalue weighted by atomic mass is 16.6. The highest BCUT2D eigenvalue weighted by molar-refractivity contribution is 5.70. The van der Waals surface area contributed by atoms with Crippen molar-refractivity contribution < 1.29 is 14.3 Å². The average Bonchev–Trinajstić information content (AvgIpc) is 2.76. The summed E-state index contributed by atoms with van der Waals surface area (Å²) in [5.41, 5.74) is 1.35. The van der Waals surface area contributed by atoms with Crippen LogP contribution in [0.25, 0.3) is 0 Å². The summed E-state index contributed by atoms with van der Waals surface area (Å²) in [7, 11) is 0. The molecule has 4 nitrogen and oxygen atoms in total. The molecule has 1 fully saturated rings. The van der Waals surface area contributed by atoms with Gasteiger partial charge in [0.05, 0.1) is 0 Å². The first-order valence-corrected chi connectivity index (χ1v) is 9.62. The second-order valence-electron chi connectivity index (χ2n) is 6.93. The van der Waals surface area contributed by atoms with Crippen LogP contribution in [0.2, 0.25) is 0 Å². The van der Waals surface area contributed by atoms with Crippen LogP contribution < -0.4 is 9.47 Å². The van der Waals surface area contributed by atoms with Crippen LogP contribution in [0.3, 0.4) is 0 Å². The zero-order chi connectivity index (χ0) is 19.2. The van der Waals surface area contributed by atoms with Gasteiger partial charge in [0.25, 0.3) is 0 Å². The number of amides is 1. The minimum absolute atomic E-state index is 0.289. The van der Waals surface area contributed by atoms with Crippen LogP contribution in [-0.4, -0.2) is 24.1 Å². The van der Waals surface area contributed by atoms with Gasteiger partial charge in [-0.3, -0.25) is 0 Å². The fourth-order valence-electron chi connectivity index (χ4n) is 3.49. The van der Waals surface area contributed by atoms with Gasteiger partial charge in [0.15, 0.2) is 0 Å². The molecule has 4 rings (SSSR count). The van der Waals surface area contributed by atoms with Crippen molar-refractivity contribution in [2.45, 2.75) is 18.8 Å². The summed E-state index contributed by atoms with van der Waals surface area (Å²) in [6.07, 6.45) is 1.63. The summed E-state index contributed by atoms with van der Waals surface area (Å²) in [6.45, 7) is 1.43. The molecule has 0 saturated carbocycles. The molecule has 0 aliphatic carbocycles. The Morgan fingerprint density at radius 2 is 1.25 bits per heavy atom. The Hall–Kier alpha value is -3.27. The molecule has 28 heavy (non-hydrogen) atoms. The van der Waals surface area contributed by atoms with Crippen molar-refractivity contribution in [3.63, 3.8) is 0 Å². The Morgan fingerprint density at radius 3 is 1.89 bits per heavy atom. The lowest BCUT2D eigenvalue weighted by Gasteiger charge is -2.31. The molecular weight excluding hydrogens is 350 g/mol. The summed E-state index contributed by atoms with van der Waals surface area (Å²) in [4.78, 5) is 14.2. The van der Waals surface area contributed by atoms with E-state index in [1.807, 2.05) is 36.4 Å². The van der Waals surface area contributed by atoms with Gasteiger partial charge < -0.3 is 14.4 Å². The number of rotatable bonds is 4. The smallest absolute Gasteiger partial charge is 0.415 e. The Bertz CT molecular complexity index is 886. The highest BCUT2D eigenvalue weighted by Gasteiger charge is 2.24. The van der Waals surface area contributed by atoms with E-state index in [0.717, 1.165) is 18.6 Å². The third kappa shape index (κ3) is 4.52. The third-order valence-electron chi connectivity index (χ3n) is 5.03. The van der Waals surface area contributed by atoms with Crippen molar-refractivity contribution in [1.82, 2.24) is 4.90 Å². The van der Waals surface area contributed by atoms with Crippen LogP contribution >= 0.6 is 0 Å². The normalized spacial score (nSPS) is 14.5. The monoisotopic (exact) mass is 373 g/mol. The second-order valence-corrected chi connectivity index (χ2v) is 6.93. The molecule has 1 saturated heterocycles. The van der Waals surface area contributed by atoms with Gasteiger partial charge in [-0.2, -0.15) is 0 Å². The maximum absolute atomic E-state index is 12.5. The molecule has 1 aliphatic heterocycles. The van der Waals surface area contributed by atoms with Crippen molar-refractivity contribution in [2.75, 3.05) is 13.1 Å². The van der Waals surface area contributed by atoms with E-state index < -0.39 is 0 Å². The van der Waals surface area contributed by atoms with E-state index in [9.17, 15) is 4.79 Å². The van der Waals surface area contributed by atoms with Crippen LogP contribution in [0.1, 0.15) is 24.3 Å². The molecule has 0 unspecified atom stereocenters. The van der Waals surface area contributed by atoms with Crippen molar-refractivity contribution in [1.29, 1.82) is 0 Å². The van der Waals surface area contributed by atoms with E-state index in [1.165, 1.54) is 5.56 Å². The van der Waals surface area contributed by atoms with Gasteiger partial charge in [-0.15, -0.1) is 0 Å². The number of likely N-dealkylation sites (tertiary alicyclic amines) is 1. The lowest BCUT2D eigenvalue weighted by Crippen LogP contribution is -2.39. The zero-order valence-electron chi connectivity index (χ0n) is 15.7. The SMILES string of the molecule is O=C(Oc1ccc(Oc2ccccc2)cc1)N1CCC(c2ccccc2)CC1. The van der Waals surface area contributed by atoms with Gasteiger partial charge in [0.2, 0.25) is 0 Å². The number of hydrogen-bond donors (Lipinski definition) is 0. The number of piperidine rings is 1. The number of ether oxygens (including phenoxy) is 2. The molecule has 0 aromatic heterocycles. The second kappa shape index (κ2) is 8.61. The maximum Gasteiger partial charge on any atom is 0.415 e. The summed E-state index contributed by atoms with van der Waals surface area (Å²) in [5.74, 6) is 2.51. The Balaban J connectivity index is 1.29. The van der Waals surface area contributed by atoms with E-state index in [-0.39, 0.29) is 6.09 Å². The van der Waals surface area contributed by atoms with Gasteiger partial charge >= 0.3 is 6.09 Å². The molecule has 1 heterocycles. The third-order valence-corrected chi connectivity index (χ3v) is 5.03. The first-order valence-electron chi connectivity index (χ1n) is 9.62. The molecular formula is C24H23NO3. The number of carbonyl (C=O) groups excluding carboxylic acids is 1. The first kappa shape index (κ1) is 18.1. The van der Waals surface area contributed by atoms with E-state index >= 15 is 0 Å². The van der Waals surface area contributed by atoms with Crippen LogP contribution in [0.15, 0.2) is 84.9 Å². The van der Waals surface area contributed by atoms with E-state index in [1.54, 1.807) is 29.2 Å². The highest BCUT2D eigenvalue weighted by Crippen LogP contribution is 2.28. The standard InChI is InChI=1S/C24H23NO3/c26-24(25-17-15-20(16-18-25)19-7-3-1-4-8-19)28-23-13-11-22(12-14-23)27-21-9-5-2-6-10-21/h1-14,20H,15-18H2. The van der Waals surface area contributed by atoms with Gasteiger partial charge in [0.1, 0.15) is 17.2 Å². The van der Waals surface area contributed by atoms with Crippen molar-refractivity contribution in [3.8, 4) is 17.2 Å². The zero-order valence-corrected chi connectivity index (χ0v) is 15.7. The summed E-state index contributed by atoms with van der Waals surface area (Å²) >= 11 is 0. The molecule has 3 aromatic rings. The predicted molar refractivity (Wildman–Crippen MR) is 109 cm³/mol. The van der Waals surface area contributed by atoms with Gasteiger partial charge in [0, 0.05) is 13.1 Å². The fourth-order valence-corrected chi connectivity index (χ4v) is 3.49. The van der Waals surface area contributed by atoms with Crippen molar-refractivity contribution >= 4 is 6.09 Å². The first-order chi connectivity index (χ1) is 13.8. The maximum atomic E-state index is 12.5. The fraction of sp³-hybridized carbons (Fsp3) is 0.208. The summed E-state index contributed by atoms with van der Waals surface area (Å²) in [5, 5.41) is 0. The van der Waals surface area contributed by atoms with E-state index in [2.05, 4.69) is 24.3 Å². The minimum atomic E-state index is -0.289. The Kier molecular flexibility index (Phi) is 5.57. The van der Waals surface area contributed by atoms with E-state index in [4.69, 9.17) is 9.47 Å². The molecule has 3 aromatic carbocycles. The van der Waals surface area contributed by atoms with Crippen LogP contribution in [-0.2, 0) is 0 Å². The minimum Gasteiger partial charge on any atom is -0.457 e. The molecule has 1 aliphatic rings. The molecule has 0 spiro atoms. The van der Waals surface area contributed by atoms with Gasteiger partial charge in [-0.1, -0.05) is 48.5 Å². The Labute approximate surface area is 165 Å². The van der Waals surface area contributed by atoms with Crippen molar-refractivity contribution in [2.24, 2.45) is 0 Å². The summed E-state index contributed by atoms with van der Waals surface area (Å²) in [6, 6.07) is 27.2. The predicted octanol–water partition coefficient (Wildman–Crippen LogP) is 5.86. The summed E-state index contributed by atoms with van der Waals surface area (Å²) < 4.78 is 11.3. The van der Waals surface area contributed by atoms with Gasteiger partial charge in [-0.05, 0) is 60.7 Å². The molecule has 0 bridgehead atoms. The number of nitrogens with zero attached hydrogens (tertiary/aromatic N) is 1. The lowest BCUT2D eigenvalue weighted by atomic mass is 9.90. The molecule has 1 amide bonds.